The molecule has 0 aromatic heterocycles. The van der Waals surface area contributed by atoms with Crippen LogP contribution in [0.5, 0.6) is 23.0 Å². The minimum absolute atomic E-state index is 0.0574. The van der Waals surface area contributed by atoms with Crippen molar-refractivity contribution >= 4 is 0 Å². The maximum absolute atomic E-state index is 9.68. The second-order valence-corrected chi connectivity index (χ2v) is 4.60. The van der Waals surface area contributed by atoms with Crippen LogP contribution < -0.4 is 14.8 Å². The predicted molar refractivity (Wildman–Crippen MR) is 72.9 cm³/mol. The second kappa shape index (κ2) is 5.30. The van der Waals surface area contributed by atoms with E-state index in [-0.39, 0.29) is 18.3 Å². The van der Waals surface area contributed by atoms with Crippen molar-refractivity contribution in [3.63, 3.8) is 0 Å². The molecule has 3 N–H and O–H groups in total. The van der Waals surface area contributed by atoms with Crippen molar-refractivity contribution in [2.45, 2.75) is 13.1 Å². The molecule has 1 aliphatic heterocycles. The fourth-order valence-corrected chi connectivity index (χ4v) is 2.09. The fraction of sp³-hybridized carbons (Fsp3) is 0.200. The molecule has 0 bridgehead atoms. The highest BCUT2D eigenvalue weighted by Gasteiger charge is 2.12. The summed E-state index contributed by atoms with van der Waals surface area (Å²) < 4.78 is 10.6. The van der Waals surface area contributed by atoms with E-state index in [1.54, 1.807) is 12.1 Å². The van der Waals surface area contributed by atoms with Gasteiger partial charge in [0, 0.05) is 24.7 Å². The Labute approximate surface area is 116 Å². The van der Waals surface area contributed by atoms with Crippen LogP contribution in [0.3, 0.4) is 0 Å². The van der Waals surface area contributed by atoms with Gasteiger partial charge in [-0.3, -0.25) is 0 Å². The Balaban J connectivity index is 1.60. The minimum Gasteiger partial charge on any atom is -0.508 e. The zero-order chi connectivity index (χ0) is 13.9. The van der Waals surface area contributed by atoms with E-state index in [0.717, 1.165) is 22.6 Å². The summed E-state index contributed by atoms with van der Waals surface area (Å²) in [6, 6.07) is 10.4. The highest BCUT2D eigenvalue weighted by Crippen LogP contribution is 2.32. The molecule has 0 amide bonds. The number of hydrogen-bond acceptors (Lipinski definition) is 5. The molecule has 0 saturated heterocycles. The number of rotatable bonds is 4. The van der Waals surface area contributed by atoms with Crippen LogP contribution in [0.25, 0.3) is 0 Å². The number of fused-ring (bicyclic) bond motifs is 1. The van der Waals surface area contributed by atoms with Crippen molar-refractivity contribution in [3.05, 3.63) is 47.5 Å². The first kappa shape index (κ1) is 12.6. The molecule has 0 fully saturated rings. The molecule has 0 saturated carbocycles. The quantitative estimate of drug-likeness (QED) is 0.796. The van der Waals surface area contributed by atoms with E-state index in [2.05, 4.69) is 5.32 Å². The van der Waals surface area contributed by atoms with E-state index in [1.807, 2.05) is 18.2 Å². The van der Waals surface area contributed by atoms with Crippen LogP contribution in [0, 0.1) is 0 Å². The molecule has 0 spiro atoms. The van der Waals surface area contributed by atoms with Gasteiger partial charge < -0.3 is 25.0 Å². The van der Waals surface area contributed by atoms with Gasteiger partial charge in [-0.2, -0.15) is 0 Å². The monoisotopic (exact) mass is 273 g/mol. The van der Waals surface area contributed by atoms with E-state index in [1.165, 1.54) is 6.07 Å². The second-order valence-electron chi connectivity index (χ2n) is 4.60. The highest BCUT2D eigenvalue weighted by molar-refractivity contribution is 5.44. The summed E-state index contributed by atoms with van der Waals surface area (Å²) in [5.41, 5.74) is 1.82. The lowest BCUT2D eigenvalue weighted by Crippen LogP contribution is -2.12. The van der Waals surface area contributed by atoms with E-state index < -0.39 is 0 Å². The van der Waals surface area contributed by atoms with E-state index in [0.29, 0.717) is 13.1 Å². The highest BCUT2D eigenvalue weighted by atomic mass is 16.7. The summed E-state index contributed by atoms with van der Waals surface area (Å²) >= 11 is 0. The van der Waals surface area contributed by atoms with Gasteiger partial charge in [0.25, 0.3) is 0 Å². The van der Waals surface area contributed by atoms with Crippen LogP contribution in [0.2, 0.25) is 0 Å². The number of nitrogens with one attached hydrogen (secondary N) is 1. The largest absolute Gasteiger partial charge is 0.508 e. The molecule has 2 aromatic rings. The van der Waals surface area contributed by atoms with Crippen molar-refractivity contribution < 1.29 is 19.7 Å². The molecule has 0 radical (unpaired) electrons. The van der Waals surface area contributed by atoms with E-state index in [4.69, 9.17) is 9.47 Å². The Morgan fingerprint density at radius 2 is 1.80 bits per heavy atom. The zero-order valence-electron chi connectivity index (χ0n) is 10.8. The van der Waals surface area contributed by atoms with Crippen molar-refractivity contribution in [1.29, 1.82) is 0 Å². The van der Waals surface area contributed by atoms with Gasteiger partial charge in [-0.15, -0.1) is 0 Å². The van der Waals surface area contributed by atoms with Gasteiger partial charge in [-0.1, -0.05) is 12.1 Å². The lowest BCUT2D eigenvalue weighted by molar-refractivity contribution is 0.174. The molecule has 5 heteroatoms. The first-order valence-corrected chi connectivity index (χ1v) is 6.32. The summed E-state index contributed by atoms with van der Waals surface area (Å²) in [6.45, 7) is 1.44. The Morgan fingerprint density at radius 3 is 2.65 bits per heavy atom. The van der Waals surface area contributed by atoms with Crippen LogP contribution in [-0.4, -0.2) is 17.0 Å². The summed E-state index contributed by atoms with van der Waals surface area (Å²) in [5, 5.41) is 22.1. The van der Waals surface area contributed by atoms with E-state index >= 15 is 0 Å². The third-order valence-electron chi connectivity index (χ3n) is 3.15. The SMILES string of the molecule is Oc1ccc(CNCc2ccc3c(c2)OCO3)c(O)c1. The predicted octanol–water partition coefficient (Wildman–Crippen LogP) is 2.12. The van der Waals surface area contributed by atoms with Gasteiger partial charge in [-0.25, -0.2) is 0 Å². The van der Waals surface area contributed by atoms with Gasteiger partial charge in [0.05, 0.1) is 0 Å². The fourth-order valence-electron chi connectivity index (χ4n) is 2.09. The topological polar surface area (TPSA) is 71.0 Å². The van der Waals surface area contributed by atoms with Crippen molar-refractivity contribution in [2.75, 3.05) is 6.79 Å². The lowest BCUT2D eigenvalue weighted by atomic mass is 10.1. The first-order chi connectivity index (χ1) is 9.72. The molecule has 1 aliphatic rings. The maximum atomic E-state index is 9.68. The number of phenolic OH excluding ortho intramolecular Hbond substituents is 2. The third-order valence-corrected chi connectivity index (χ3v) is 3.15. The normalized spacial score (nSPS) is 12.6. The van der Waals surface area contributed by atoms with Gasteiger partial charge in [0.15, 0.2) is 11.5 Å². The summed E-state index contributed by atoms with van der Waals surface area (Å²) in [5.74, 6) is 1.67. The smallest absolute Gasteiger partial charge is 0.231 e. The van der Waals surface area contributed by atoms with Gasteiger partial charge in [-0.05, 0) is 23.8 Å². The van der Waals surface area contributed by atoms with Crippen LogP contribution in [0.4, 0.5) is 0 Å². The van der Waals surface area contributed by atoms with Crippen molar-refractivity contribution in [2.24, 2.45) is 0 Å². The molecule has 2 aromatic carbocycles. The van der Waals surface area contributed by atoms with Crippen LogP contribution >= 0.6 is 0 Å². The maximum Gasteiger partial charge on any atom is 0.231 e. The minimum atomic E-state index is 0.0574. The van der Waals surface area contributed by atoms with Crippen LogP contribution in [0.15, 0.2) is 36.4 Å². The molecule has 0 aliphatic carbocycles. The van der Waals surface area contributed by atoms with Gasteiger partial charge in [0.2, 0.25) is 6.79 Å². The molecule has 20 heavy (non-hydrogen) atoms. The molecule has 1 heterocycles. The number of benzene rings is 2. The molecular formula is C15H15NO4. The summed E-state index contributed by atoms with van der Waals surface area (Å²) in [6.07, 6.45) is 0. The average molecular weight is 273 g/mol. The molecule has 0 atom stereocenters. The standard InChI is InChI=1S/C15H15NO4/c17-12-3-2-11(13(18)6-12)8-16-7-10-1-4-14-15(5-10)20-9-19-14/h1-6,16-18H,7-9H2. The van der Waals surface area contributed by atoms with Gasteiger partial charge in [0.1, 0.15) is 11.5 Å². The molecule has 5 nitrogen and oxygen atoms in total. The molecule has 104 valence electrons. The van der Waals surface area contributed by atoms with Gasteiger partial charge >= 0.3 is 0 Å². The van der Waals surface area contributed by atoms with Crippen molar-refractivity contribution in [1.82, 2.24) is 5.32 Å². The Kier molecular flexibility index (Phi) is 3.35. The number of hydrogen-bond donors (Lipinski definition) is 3. The lowest BCUT2D eigenvalue weighted by Gasteiger charge is -2.08. The Hall–Kier alpha value is -2.40. The third kappa shape index (κ3) is 2.62. The zero-order valence-corrected chi connectivity index (χ0v) is 10.8. The van der Waals surface area contributed by atoms with Crippen LogP contribution in [0.1, 0.15) is 11.1 Å². The number of phenols is 2. The summed E-state index contributed by atoms with van der Waals surface area (Å²) in [7, 11) is 0. The van der Waals surface area contributed by atoms with Crippen molar-refractivity contribution in [3.8, 4) is 23.0 Å². The number of ether oxygens (including phenoxy) is 2. The molecule has 3 rings (SSSR count). The first-order valence-electron chi connectivity index (χ1n) is 6.32. The number of aromatic hydroxyl groups is 2. The average Bonchev–Trinajstić information content (AvgIpc) is 2.89. The van der Waals surface area contributed by atoms with Crippen LogP contribution in [-0.2, 0) is 13.1 Å². The Morgan fingerprint density at radius 1 is 0.950 bits per heavy atom. The molecule has 0 unspecified atom stereocenters. The van der Waals surface area contributed by atoms with E-state index in [9.17, 15) is 10.2 Å². The summed E-state index contributed by atoms with van der Waals surface area (Å²) in [4.78, 5) is 0. The Bertz CT molecular complexity index is 627. The molecular weight excluding hydrogens is 258 g/mol.